The molecule has 1 aromatic carbocycles. The maximum atomic E-state index is 10.8. The summed E-state index contributed by atoms with van der Waals surface area (Å²) in [7, 11) is 0. The lowest BCUT2D eigenvalue weighted by Crippen LogP contribution is -2.38. The van der Waals surface area contributed by atoms with E-state index in [1.54, 1.807) is 0 Å². The van der Waals surface area contributed by atoms with Crippen LogP contribution in [0, 0.1) is 5.92 Å². The Morgan fingerprint density at radius 2 is 1.53 bits per heavy atom. The first-order valence-electron chi connectivity index (χ1n) is 5.65. The summed E-state index contributed by atoms with van der Waals surface area (Å²) in [4.78, 5) is 0. The number of aliphatic hydroxyl groups is 1. The number of rotatable bonds is 1. The molecule has 0 fully saturated rings. The predicted molar refractivity (Wildman–Crippen MR) is 60.9 cm³/mol. The van der Waals surface area contributed by atoms with Gasteiger partial charge in [-0.2, -0.15) is 0 Å². The Morgan fingerprint density at radius 3 is 1.93 bits per heavy atom. The van der Waals surface area contributed by atoms with Gasteiger partial charge in [-0.05, 0) is 17.0 Å². The smallest absolute Gasteiger partial charge is 0.0875 e. The van der Waals surface area contributed by atoms with Crippen LogP contribution in [0.1, 0.15) is 36.8 Å². The van der Waals surface area contributed by atoms with E-state index in [1.165, 1.54) is 11.1 Å². The normalized spacial score (nSPS) is 36.3. The highest BCUT2D eigenvalue weighted by atomic mass is 16.3. The van der Waals surface area contributed by atoms with Crippen molar-refractivity contribution in [3.8, 4) is 0 Å². The zero-order valence-corrected chi connectivity index (χ0v) is 9.14. The molecule has 0 saturated heterocycles. The molecule has 0 amide bonds. The maximum absolute atomic E-state index is 10.8. The van der Waals surface area contributed by atoms with Gasteiger partial charge >= 0.3 is 0 Å². The number of fused-ring (bicyclic) bond motifs is 5. The Kier molecular flexibility index (Phi) is 1.67. The van der Waals surface area contributed by atoms with Crippen LogP contribution in [0.15, 0.2) is 36.4 Å². The van der Waals surface area contributed by atoms with Crippen LogP contribution in [-0.2, 0) is 0 Å². The Morgan fingerprint density at radius 1 is 1.07 bits per heavy atom. The molecule has 2 bridgehead atoms. The van der Waals surface area contributed by atoms with Gasteiger partial charge in [0.15, 0.2) is 0 Å². The van der Waals surface area contributed by atoms with Gasteiger partial charge in [-0.3, -0.25) is 0 Å². The fourth-order valence-corrected chi connectivity index (χ4v) is 3.23. The first-order valence-corrected chi connectivity index (χ1v) is 5.65. The van der Waals surface area contributed by atoms with E-state index >= 15 is 0 Å². The van der Waals surface area contributed by atoms with Crippen molar-refractivity contribution in [1.29, 1.82) is 0 Å². The lowest BCUT2D eigenvalue weighted by molar-refractivity contribution is -0.0124. The summed E-state index contributed by atoms with van der Waals surface area (Å²) in [5.74, 6) is 0.701. The summed E-state index contributed by atoms with van der Waals surface area (Å²) >= 11 is 0. The number of hydrogen-bond acceptors (Lipinski definition) is 1. The second-order valence-corrected chi connectivity index (χ2v) is 5.01. The lowest BCUT2D eigenvalue weighted by atomic mass is 9.78. The average molecular weight is 200 g/mol. The van der Waals surface area contributed by atoms with Crippen molar-refractivity contribution in [2.75, 3.05) is 0 Å². The highest BCUT2D eigenvalue weighted by Gasteiger charge is 2.54. The molecule has 1 nitrogen and oxygen atoms in total. The average Bonchev–Trinajstić information content (AvgIpc) is 2.70. The third-order valence-corrected chi connectivity index (χ3v) is 4.08. The summed E-state index contributed by atoms with van der Waals surface area (Å²) in [6, 6.07) is 8.43. The SMILES string of the molecule is CC(C)C1(O)[C@@H]2C=C[C@H]1c1ccccc12. The van der Waals surface area contributed by atoms with Crippen LogP contribution in [0.25, 0.3) is 0 Å². The molecule has 3 atom stereocenters. The Hall–Kier alpha value is -1.08. The molecule has 0 heterocycles. The molecule has 1 unspecified atom stereocenters. The van der Waals surface area contributed by atoms with E-state index in [0.29, 0.717) is 0 Å². The Balaban J connectivity index is 2.18. The zero-order valence-electron chi connectivity index (χ0n) is 9.14. The van der Waals surface area contributed by atoms with E-state index < -0.39 is 5.60 Å². The molecular weight excluding hydrogens is 184 g/mol. The molecule has 0 saturated carbocycles. The third kappa shape index (κ3) is 0.920. The summed E-state index contributed by atoms with van der Waals surface area (Å²) in [6.45, 7) is 4.22. The van der Waals surface area contributed by atoms with Gasteiger partial charge in [0.2, 0.25) is 0 Å². The van der Waals surface area contributed by atoms with Gasteiger partial charge in [0.05, 0.1) is 5.60 Å². The fraction of sp³-hybridized carbons (Fsp3) is 0.429. The molecule has 78 valence electrons. The minimum Gasteiger partial charge on any atom is -0.388 e. The monoisotopic (exact) mass is 200 g/mol. The van der Waals surface area contributed by atoms with E-state index in [9.17, 15) is 5.11 Å². The standard InChI is InChI=1S/C14H16O/c1-9(2)14(15)12-7-8-13(14)11-6-4-3-5-10(11)12/h3-9,12-13,15H,1-2H3/t12-,13+,14?. The molecule has 0 spiro atoms. The molecule has 3 rings (SSSR count). The van der Waals surface area contributed by atoms with Crippen LogP contribution in [0.4, 0.5) is 0 Å². The van der Waals surface area contributed by atoms with Gasteiger partial charge in [-0.1, -0.05) is 50.3 Å². The largest absolute Gasteiger partial charge is 0.388 e. The maximum Gasteiger partial charge on any atom is 0.0875 e. The van der Waals surface area contributed by atoms with Crippen LogP contribution >= 0.6 is 0 Å². The van der Waals surface area contributed by atoms with Crippen molar-refractivity contribution < 1.29 is 5.11 Å². The topological polar surface area (TPSA) is 20.2 Å². The number of hydrogen-bond donors (Lipinski definition) is 1. The lowest BCUT2D eigenvalue weighted by Gasteiger charge is -2.33. The molecule has 0 aromatic heterocycles. The quantitative estimate of drug-likeness (QED) is 0.691. The van der Waals surface area contributed by atoms with Gasteiger partial charge in [0.1, 0.15) is 0 Å². The second-order valence-electron chi connectivity index (χ2n) is 5.01. The molecule has 2 aliphatic rings. The van der Waals surface area contributed by atoms with Crippen molar-refractivity contribution in [2.45, 2.75) is 31.3 Å². The number of benzene rings is 1. The van der Waals surface area contributed by atoms with Crippen molar-refractivity contribution in [3.63, 3.8) is 0 Å². The van der Waals surface area contributed by atoms with Crippen molar-refractivity contribution in [2.24, 2.45) is 5.92 Å². The summed E-state index contributed by atoms with van der Waals surface area (Å²) < 4.78 is 0. The molecule has 0 radical (unpaired) electrons. The summed E-state index contributed by atoms with van der Waals surface area (Å²) in [5.41, 5.74) is 2.06. The van der Waals surface area contributed by atoms with Gasteiger partial charge in [0, 0.05) is 11.8 Å². The Bertz CT molecular complexity index is 398. The first kappa shape index (κ1) is 9.17. The van der Waals surface area contributed by atoms with E-state index in [-0.39, 0.29) is 17.8 Å². The van der Waals surface area contributed by atoms with Crippen molar-refractivity contribution >= 4 is 0 Å². The predicted octanol–water partition coefficient (Wildman–Crippen LogP) is 2.82. The molecule has 1 heteroatoms. The van der Waals surface area contributed by atoms with Gasteiger partial charge in [-0.15, -0.1) is 0 Å². The molecule has 15 heavy (non-hydrogen) atoms. The van der Waals surface area contributed by atoms with Crippen LogP contribution in [0.5, 0.6) is 0 Å². The molecule has 0 aliphatic heterocycles. The van der Waals surface area contributed by atoms with Gasteiger partial charge in [0.25, 0.3) is 0 Å². The van der Waals surface area contributed by atoms with E-state index in [0.717, 1.165) is 0 Å². The summed E-state index contributed by atoms with van der Waals surface area (Å²) in [5, 5.41) is 10.8. The first-order chi connectivity index (χ1) is 7.15. The van der Waals surface area contributed by atoms with Gasteiger partial charge < -0.3 is 5.11 Å². The molecule has 1 aromatic rings. The van der Waals surface area contributed by atoms with E-state index in [4.69, 9.17) is 0 Å². The molecule has 1 N–H and O–H groups in total. The van der Waals surface area contributed by atoms with Crippen molar-refractivity contribution in [3.05, 3.63) is 47.5 Å². The fourth-order valence-electron chi connectivity index (χ4n) is 3.23. The Labute approximate surface area is 90.4 Å². The highest BCUT2D eigenvalue weighted by Crippen LogP contribution is 2.58. The van der Waals surface area contributed by atoms with Gasteiger partial charge in [-0.25, -0.2) is 0 Å². The second kappa shape index (κ2) is 2.73. The highest BCUT2D eigenvalue weighted by molar-refractivity contribution is 5.53. The van der Waals surface area contributed by atoms with Crippen LogP contribution in [0.2, 0.25) is 0 Å². The van der Waals surface area contributed by atoms with E-state index in [2.05, 4.69) is 50.3 Å². The van der Waals surface area contributed by atoms with Crippen LogP contribution in [-0.4, -0.2) is 10.7 Å². The van der Waals surface area contributed by atoms with Crippen LogP contribution in [0.3, 0.4) is 0 Å². The minimum absolute atomic E-state index is 0.207. The third-order valence-electron chi connectivity index (χ3n) is 4.08. The molecule has 2 aliphatic carbocycles. The molecular formula is C14H16O. The van der Waals surface area contributed by atoms with Crippen LogP contribution < -0.4 is 0 Å². The van der Waals surface area contributed by atoms with Crippen molar-refractivity contribution in [1.82, 2.24) is 0 Å². The van der Waals surface area contributed by atoms with E-state index in [1.807, 2.05) is 0 Å². The zero-order chi connectivity index (χ0) is 10.6. The summed E-state index contributed by atoms with van der Waals surface area (Å²) in [6.07, 6.45) is 4.35. The minimum atomic E-state index is -0.580.